The molecule has 0 unspecified atom stereocenters. The number of aliphatic hydroxyl groups excluding tert-OH is 4. The number of nitrogens with zero attached hydrogens (tertiary/aromatic N) is 1. The van der Waals surface area contributed by atoms with Crippen molar-refractivity contribution in [2.45, 2.75) is 68.9 Å². The van der Waals surface area contributed by atoms with Crippen LogP contribution in [0.15, 0.2) is 5.16 Å². The van der Waals surface area contributed by atoms with Gasteiger partial charge in [0.15, 0.2) is 0 Å². The molecule has 11 nitrogen and oxygen atoms in total. The normalized spacial score (nSPS) is 29.6. The molecule has 5 N–H and O–H groups in total. The van der Waals surface area contributed by atoms with Crippen molar-refractivity contribution in [1.29, 1.82) is 0 Å². The van der Waals surface area contributed by atoms with Gasteiger partial charge in [-0.25, -0.2) is 4.28 Å². The van der Waals surface area contributed by atoms with E-state index in [0.29, 0.717) is 37.4 Å². The Labute approximate surface area is 161 Å². The summed E-state index contributed by atoms with van der Waals surface area (Å²) in [5.41, 5.74) is -1.18. The van der Waals surface area contributed by atoms with Gasteiger partial charge in [0.05, 0.1) is 6.61 Å². The van der Waals surface area contributed by atoms with E-state index in [1.54, 1.807) is 6.92 Å². The molecule has 158 valence electrons. The van der Waals surface area contributed by atoms with E-state index in [1.807, 2.05) is 0 Å². The maximum absolute atomic E-state index is 11.3. The summed E-state index contributed by atoms with van der Waals surface area (Å²) >= 11 is 0.714. The topological polar surface area (TPSA) is 183 Å². The van der Waals surface area contributed by atoms with Gasteiger partial charge in [-0.15, -0.1) is 0 Å². The Hall–Kier alpha value is -0.800. The largest absolute Gasteiger partial charge is 0.466 e. The lowest BCUT2D eigenvalue weighted by Gasteiger charge is -2.39. The molecule has 0 saturated carbocycles. The maximum Gasteiger partial charge on any atom is 0.466 e. The minimum Gasteiger partial charge on any atom is -0.394 e. The van der Waals surface area contributed by atoms with Crippen molar-refractivity contribution in [1.82, 2.24) is 0 Å². The molecule has 5 atom stereocenters. The van der Waals surface area contributed by atoms with Crippen molar-refractivity contribution in [2.24, 2.45) is 5.16 Å². The SMILES string of the molecule is CCC(=O)CCCC/C(=N/OS(=O)(=O)O)S[C@H]1O[C@@H](CO)[C@@H](O)[C@H](O)[C@@H]1O. The van der Waals surface area contributed by atoms with Gasteiger partial charge in [-0.05, 0) is 19.3 Å². The second-order valence-electron chi connectivity index (χ2n) is 5.90. The highest BCUT2D eigenvalue weighted by Gasteiger charge is 2.44. The van der Waals surface area contributed by atoms with Gasteiger partial charge < -0.3 is 25.2 Å². The second kappa shape index (κ2) is 11.3. The number of hydrogen-bond donors (Lipinski definition) is 5. The number of ketones is 1. The predicted octanol–water partition coefficient (Wildman–Crippen LogP) is -0.808. The van der Waals surface area contributed by atoms with Gasteiger partial charge in [0.25, 0.3) is 0 Å². The molecule has 0 aliphatic carbocycles. The molecule has 0 amide bonds. The van der Waals surface area contributed by atoms with Crippen molar-refractivity contribution in [3.05, 3.63) is 0 Å². The van der Waals surface area contributed by atoms with Crippen LogP contribution < -0.4 is 0 Å². The summed E-state index contributed by atoms with van der Waals surface area (Å²) < 4.78 is 39.4. The van der Waals surface area contributed by atoms with E-state index in [1.165, 1.54) is 0 Å². The van der Waals surface area contributed by atoms with Crippen LogP contribution in [-0.2, 0) is 24.2 Å². The van der Waals surface area contributed by atoms with Gasteiger partial charge in [0.1, 0.15) is 40.7 Å². The van der Waals surface area contributed by atoms with Crippen molar-refractivity contribution in [2.75, 3.05) is 6.61 Å². The first-order valence-corrected chi connectivity index (χ1v) is 10.5. The molecule has 13 heteroatoms. The summed E-state index contributed by atoms with van der Waals surface area (Å²) in [7, 11) is -4.84. The summed E-state index contributed by atoms with van der Waals surface area (Å²) in [6.45, 7) is 1.12. The number of Topliss-reactive ketones (excluding diaryl/α,β-unsaturated/α-hetero) is 1. The standard InChI is InChI=1S/C14H25NO10S2/c1-2-8(17)5-3-4-6-10(15-25-27(21,22)23)26-14-13(20)12(19)11(18)9(7-16)24-14/h9,11-14,16,18-20H,2-7H2,1H3,(H,21,22,23)/b15-10-/t9-,11+,12-,13-,14+/m0/s1. The monoisotopic (exact) mass is 431 g/mol. The number of oxime groups is 1. The predicted molar refractivity (Wildman–Crippen MR) is 95.2 cm³/mol. The third kappa shape index (κ3) is 8.39. The molecular weight excluding hydrogens is 406 g/mol. The van der Waals surface area contributed by atoms with Crippen molar-refractivity contribution in [3.8, 4) is 0 Å². The molecule has 1 saturated heterocycles. The molecular formula is C14H25NO10S2. The molecule has 0 aromatic carbocycles. The summed E-state index contributed by atoms with van der Waals surface area (Å²) in [6.07, 6.45) is -3.98. The minimum atomic E-state index is -4.84. The second-order valence-corrected chi connectivity index (χ2v) is 8.08. The number of carbonyl (C=O) groups is 1. The minimum absolute atomic E-state index is 0.0147. The van der Waals surface area contributed by atoms with Crippen LogP contribution in [0.2, 0.25) is 0 Å². The van der Waals surface area contributed by atoms with Crippen molar-refractivity contribution < 1.29 is 47.2 Å². The molecule has 0 bridgehead atoms. The van der Waals surface area contributed by atoms with E-state index in [9.17, 15) is 33.6 Å². The first-order valence-electron chi connectivity index (χ1n) is 8.30. The highest BCUT2D eigenvalue weighted by molar-refractivity contribution is 8.14. The summed E-state index contributed by atoms with van der Waals surface area (Å²) in [5.74, 6) is 0.0734. The van der Waals surface area contributed by atoms with Crippen LogP contribution in [-0.4, -0.2) is 80.7 Å². The van der Waals surface area contributed by atoms with E-state index in [4.69, 9.17) is 9.29 Å². The number of hydrogen-bond acceptors (Lipinski definition) is 11. The lowest BCUT2D eigenvalue weighted by atomic mass is 10.0. The summed E-state index contributed by atoms with van der Waals surface area (Å²) in [5, 5.41) is 42.1. The molecule has 1 aliphatic heterocycles. The van der Waals surface area contributed by atoms with Crippen LogP contribution in [0, 0.1) is 0 Å². The number of unbranched alkanes of at least 4 members (excludes halogenated alkanes) is 1. The Morgan fingerprint density at radius 3 is 2.33 bits per heavy atom. The first kappa shape index (κ1) is 24.2. The fourth-order valence-electron chi connectivity index (χ4n) is 2.29. The van der Waals surface area contributed by atoms with Gasteiger partial charge >= 0.3 is 10.4 Å². The van der Waals surface area contributed by atoms with E-state index >= 15 is 0 Å². The van der Waals surface area contributed by atoms with Gasteiger partial charge in [-0.2, -0.15) is 8.42 Å². The first-order chi connectivity index (χ1) is 12.6. The van der Waals surface area contributed by atoms with Crippen LogP contribution in [0.4, 0.5) is 0 Å². The average Bonchev–Trinajstić information content (AvgIpc) is 2.62. The molecule has 1 aliphatic rings. The van der Waals surface area contributed by atoms with E-state index in [-0.39, 0.29) is 17.2 Å². The van der Waals surface area contributed by atoms with Crippen molar-refractivity contribution in [3.63, 3.8) is 0 Å². The molecule has 0 spiro atoms. The number of aliphatic hydroxyl groups is 4. The van der Waals surface area contributed by atoms with Crippen LogP contribution in [0.3, 0.4) is 0 Å². The van der Waals surface area contributed by atoms with Gasteiger partial charge in [-0.1, -0.05) is 23.8 Å². The number of ether oxygens (including phenoxy) is 1. The average molecular weight is 431 g/mol. The smallest absolute Gasteiger partial charge is 0.394 e. The molecule has 1 heterocycles. The number of carbonyl (C=O) groups excluding carboxylic acids is 1. The van der Waals surface area contributed by atoms with Crippen LogP contribution in [0.5, 0.6) is 0 Å². The Balaban J connectivity index is 2.78. The number of thioether (sulfide) groups is 1. The lowest BCUT2D eigenvalue weighted by Crippen LogP contribution is -2.57. The summed E-state index contributed by atoms with van der Waals surface area (Å²) in [6, 6.07) is 0. The fraction of sp³-hybridized carbons (Fsp3) is 0.857. The van der Waals surface area contributed by atoms with Crippen LogP contribution in [0.25, 0.3) is 0 Å². The Morgan fingerprint density at radius 2 is 1.78 bits per heavy atom. The molecule has 0 radical (unpaired) electrons. The van der Waals surface area contributed by atoms with Crippen LogP contribution in [0.1, 0.15) is 39.0 Å². The summed E-state index contributed by atoms with van der Waals surface area (Å²) in [4.78, 5) is 11.3. The molecule has 1 rings (SSSR count). The zero-order chi connectivity index (χ0) is 20.6. The van der Waals surface area contributed by atoms with E-state index in [0.717, 1.165) is 0 Å². The molecule has 0 aromatic heterocycles. The van der Waals surface area contributed by atoms with Gasteiger partial charge in [-0.3, -0.25) is 9.35 Å². The highest BCUT2D eigenvalue weighted by Crippen LogP contribution is 2.30. The highest BCUT2D eigenvalue weighted by atomic mass is 32.3. The Bertz CT molecular complexity index is 609. The van der Waals surface area contributed by atoms with Gasteiger partial charge in [0, 0.05) is 12.8 Å². The zero-order valence-corrected chi connectivity index (χ0v) is 16.3. The Kier molecular flexibility index (Phi) is 10.1. The molecule has 27 heavy (non-hydrogen) atoms. The third-order valence-electron chi connectivity index (χ3n) is 3.82. The van der Waals surface area contributed by atoms with Crippen LogP contribution >= 0.6 is 11.8 Å². The quantitative estimate of drug-likeness (QED) is 0.0958. The third-order valence-corrected chi connectivity index (χ3v) is 5.26. The van der Waals surface area contributed by atoms with E-state index < -0.39 is 46.9 Å². The maximum atomic E-state index is 11.3. The molecule has 0 aromatic rings. The lowest BCUT2D eigenvalue weighted by molar-refractivity contribution is -0.205. The molecule has 1 fully saturated rings. The Morgan fingerprint density at radius 1 is 1.15 bits per heavy atom. The van der Waals surface area contributed by atoms with Gasteiger partial charge in [0.2, 0.25) is 0 Å². The van der Waals surface area contributed by atoms with E-state index in [2.05, 4.69) is 9.44 Å². The fourth-order valence-corrected chi connectivity index (χ4v) is 3.63. The van der Waals surface area contributed by atoms with Crippen molar-refractivity contribution >= 4 is 33.0 Å². The number of rotatable bonds is 10. The zero-order valence-electron chi connectivity index (χ0n) is 14.7.